The minimum Gasteiger partial charge on any atom is -0.375 e. The van der Waals surface area contributed by atoms with E-state index < -0.39 is 0 Å². The maximum atomic E-state index is 11.7. The van der Waals surface area contributed by atoms with E-state index in [4.69, 9.17) is 11.6 Å². The minimum atomic E-state index is -0.224. The monoisotopic (exact) mass is 270 g/mol. The Balaban J connectivity index is 2.27. The summed E-state index contributed by atoms with van der Waals surface area (Å²) in [6, 6.07) is 6.66. The van der Waals surface area contributed by atoms with Crippen molar-refractivity contribution in [3.05, 3.63) is 34.9 Å². The van der Waals surface area contributed by atoms with E-state index in [2.05, 4.69) is 15.4 Å². The van der Waals surface area contributed by atoms with Gasteiger partial charge in [-0.3, -0.25) is 9.59 Å². The first kappa shape index (κ1) is 14.5. The molecule has 0 aliphatic carbocycles. The fourth-order valence-corrected chi connectivity index (χ4v) is 1.48. The van der Waals surface area contributed by atoms with Crippen molar-refractivity contribution in [2.24, 2.45) is 0 Å². The van der Waals surface area contributed by atoms with Gasteiger partial charge in [0.25, 0.3) is 5.91 Å². The van der Waals surface area contributed by atoms with Gasteiger partial charge in [-0.15, -0.1) is 0 Å². The second kappa shape index (κ2) is 7.68. The van der Waals surface area contributed by atoms with Crippen LogP contribution in [0.4, 0.5) is 0 Å². The highest BCUT2D eigenvalue weighted by atomic mass is 35.5. The summed E-state index contributed by atoms with van der Waals surface area (Å²) in [5.74, 6) is -0.437. The van der Waals surface area contributed by atoms with Gasteiger partial charge in [0.15, 0.2) is 0 Å². The van der Waals surface area contributed by atoms with Crippen LogP contribution in [0.3, 0.4) is 0 Å². The zero-order valence-corrected chi connectivity index (χ0v) is 10.8. The summed E-state index contributed by atoms with van der Waals surface area (Å²) < 4.78 is 4.65. The third-order valence-electron chi connectivity index (χ3n) is 2.09. The van der Waals surface area contributed by atoms with Crippen LogP contribution < -0.4 is 10.6 Å². The molecule has 0 saturated heterocycles. The molecule has 0 heterocycles. The Bertz CT molecular complexity index is 424. The quantitative estimate of drug-likeness (QED) is 0.753. The Morgan fingerprint density at radius 1 is 1.28 bits per heavy atom. The van der Waals surface area contributed by atoms with Gasteiger partial charge in [0.2, 0.25) is 5.91 Å². The first-order chi connectivity index (χ1) is 8.63. The highest BCUT2D eigenvalue weighted by molar-refractivity contribution is 6.30. The fourth-order valence-electron chi connectivity index (χ4n) is 1.29. The average molecular weight is 271 g/mol. The lowest BCUT2D eigenvalue weighted by Gasteiger charge is -2.07. The van der Waals surface area contributed by atoms with Crippen LogP contribution in [0.25, 0.3) is 0 Å². The first-order valence-electron chi connectivity index (χ1n) is 5.43. The van der Waals surface area contributed by atoms with E-state index in [0.29, 0.717) is 23.7 Å². The Hall–Kier alpha value is -1.59. The van der Waals surface area contributed by atoms with Crippen LogP contribution in [0, 0.1) is 0 Å². The molecule has 0 aromatic heterocycles. The molecule has 0 aliphatic heterocycles. The van der Waals surface area contributed by atoms with E-state index in [9.17, 15) is 9.59 Å². The third-order valence-corrected chi connectivity index (χ3v) is 2.33. The second-order valence-electron chi connectivity index (χ2n) is 3.55. The molecule has 6 heteroatoms. The smallest absolute Gasteiger partial charge is 0.251 e. The molecule has 5 nitrogen and oxygen atoms in total. The lowest BCUT2D eigenvalue weighted by molar-refractivity contribution is -0.124. The summed E-state index contributed by atoms with van der Waals surface area (Å²) in [6.07, 6.45) is 0. The van der Waals surface area contributed by atoms with Gasteiger partial charge in [-0.05, 0) is 18.2 Å². The number of halogens is 1. The SMILES string of the molecule is COCC(=O)NCCNC(=O)c1cccc(Cl)c1. The molecule has 0 unspecified atom stereocenters. The van der Waals surface area contributed by atoms with E-state index >= 15 is 0 Å². The van der Waals surface area contributed by atoms with E-state index in [1.807, 2.05) is 0 Å². The molecule has 0 spiro atoms. The number of benzene rings is 1. The highest BCUT2D eigenvalue weighted by Gasteiger charge is 2.05. The van der Waals surface area contributed by atoms with E-state index in [-0.39, 0.29) is 18.4 Å². The first-order valence-corrected chi connectivity index (χ1v) is 5.80. The van der Waals surface area contributed by atoms with Crippen LogP contribution in [-0.4, -0.2) is 38.6 Å². The summed E-state index contributed by atoms with van der Waals surface area (Å²) in [4.78, 5) is 22.7. The van der Waals surface area contributed by atoms with Crippen molar-refractivity contribution in [2.45, 2.75) is 0 Å². The number of carbonyl (C=O) groups excluding carboxylic acids is 2. The molecular weight excluding hydrogens is 256 g/mol. The number of nitrogens with one attached hydrogen (secondary N) is 2. The van der Waals surface area contributed by atoms with Crippen molar-refractivity contribution < 1.29 is 14.3 Å². The van der Waals surface area contributed by atoms with Gasteiger partial charge in [-0.1, -0.05) is 17.7 Å². The van der Waals surface area contributed by atoms with Crippen LogP contribution in [-0.2, 0) is 9.53 Å². The second-order valence-corrected chi connectivity index (χ2v) is 3.99. The van der Waals surface area contributed by atoms with E-state index in [1.165, 1.54) is 7.11 Å². The molecule has 0 aliphatic rings. The van der Waals surface area contributed by atoms with E-state index in [1.54, 1.807) is 24.3 Å². The van der Waals surface area contributed by atoms with Crippen LogP contribution in [0.15, 0.2) is 24.3 Å². The molecule has 2 amide bonds. The van der Waals surface area contributed by atoms with Crippen LogP contribution in [0.2, 0.25) is 5.02 Å². The van der Waals surface area contributed by atoms with Crippen molar-refractivity contribution in [3.8, 4) is 0 Å². The maximum absolute atomic E-state index is 11.7. The van der Waals surface area contributed by atoms with Crippen LogP contribution in [0.5, 0.6) is 0 Å². The standard InChI is InChI=1S/C12H15ClN2O3/c1-18-8-11(16)14-5-6-15-12(17)9-3-2-4-10(13)7-9/h2-4,7H,5-6,8H2,1H3,(H,14,16)(H,15,17). The molecule has 98 valence electrons. The van der Waals surface area contributed by atoms with Crippen LogP contribution >= 0.6 is 11.6 Å². The van der Waals surface area contributed by atoms with Gasteiger partial charge in [-0.25, -0.2) is 0 Å². The molecule has 0 bridgehead atoms. The fraction of sp³-hybridized carbons (Fsp3) is 0.333. The molecular formula is C12H15ClN2O3. The molecule has 0 atom stereocenters. The Morgan fingerprint density at radius 3 is 2.67 bits per heavy atom. The minimum absolute atomic E-state index is 0.0161. The lowest BCUT2D eigenvalue weighted by atomic mass is 10.2. The summed E-state index contributed by atoms with van der Waals surface area (Å²) >= 11 is 5.78. The van der Waals surface area contributed by atoms with E-state index in [0.717, 1.165) is 0 Å². The highest BCUT2D eigenvalue weighted by Crippen LogP contribution is 2.10. The number of hydrogen-bond acceptors (Lipinski definition) is 3. The van der Waals surface area contributed by atoms with Gasteiger partial charge < -0.3 is 15.4 Å². The van der Waals surface area contributed by atoms with Gasteiger partial charge in [-0.2, -0.15) is 0 Å². The van der Waals surface area contributed by atoms with Crippen molar-refractivity contribution in [3.63, 3.8) is 0 Å². The molecule has 1 aromatic carbocycles. The normalized spacial score (nSPS) is 9.89. The molecule has 1 aromatic rings. The predicted molar refractivity (Wildman–Crippen MR) is 68.7 cm³/mol. The Kier molecular flexibility index (Phi) is 6.18. The molecule has 18 heavy (non-hydrogen) atoms. The molecule has 0 radical (unpaired) electrons. The summed E-state index contributed by atoms with van der Waals surface area (Å²) in [6.45, 7) is 0.720. The van der Waals surface area contributed by atoms with Gasteiger partial charge >= 0.3 is 0 Å². The number of hydrogen-bond donors (Lipinski definition) is 2. The largest absolute Gasteiger partial charge is 0.375 e. The summed E-state index contributed by atoms with van der Waals surface area (Å²) in [5, 5.41) is 5.78. The molecule has 0 saturated carbocycles. The molecule has 0 fully saturated rings. The number of ether oxygens (including phenoxy) is 1. The van der Waals surface area contributed by atoms with Gasteiger partial charge in [0.1, 0.15) is 6.61 Å². The van der Waals surface area contributed by atoms with Crippen molar-refractivity contribution >= 4 is 23.4 Å². The van der Waals surface area contributed by atoms with Gasteiger partial charge in [0, 0.05) is 30.8 Å². The van der Waals surface area contributed by atoms with Crippen LogP contribution in [0.1, 0.15) is 10.4 Å². The zero-order valence-electron chi connectivity index (χ0n) is 10.0. The number of methoxy groups -OCH3 is 1. The third kappa shape index (κ3) is 5.16. The zero-order chi connectivity index (χ0) is 13.4. The lowest BCUT2D eigenvalue weighted by Crippen LogP contribution is -2.36. The summed E-state index contributed by atoms with van der Waals surface area (Å²) in [5.41, 5.74) is 0.491. The maximum Gasteiger partial charge on any atom is 0.251 e. The van der Waals surface area contributed by atoms with Crippen molar-refractivity contribution in [1.29, 1.82) is 0 Å². The number of amides is 2. The molecule has 2 N–H and O–H groups in total. The summed E-state index contributed by atoms with van der Waals surface area (Å²) in [7, 11) is 1.44. The number of carbonyl (C=O) groups is 2. The predicted octanol–water partition coefficient (Wildman–Crippen LogP) is 0.832. The topological polar surface area (TPSA) is 67.4 Å². The van der Waals surface area contributed by atoms with Gasteiger partial charge in [0.05, 0.1) is 0 Å². The number of rotatable bonds is 6. The van der Waals surface area contributed by atoms with Crippen molar-refractivity contribution in [2.75, 3.05) is 26.8 Å². The molecule has 1 rings (SSSR count). The van der Waals surface area contributed by atoms with Crippen molar-refractivity contribution in [1.82, 2.24) is 10.6 Å². The Morgan fingerprint density at radius 2 is 2.00 bits per heavy atom. The Labute approximate surface area is 110 Å². The average Bonchev–Trinajstić information content (AvgIpc) is 2.35.